The first-order chi connectivity index (χ1) is 8.66. The summed E-state index contributed by atoms with van der Waals surface area (Å²) in [6.07, 6.45) is -13.9. The molecule has 1 rings (SSSR count). The van der Waals surface area contributed by atoms with Crippen LogP contribution >= 0.6 is 0 Å². The minimum absolute atomic E-state index is 0.150. The molecule has 0 radical (unpaired) electrons. The summed E-state index contributed by atoms with van der Waals surface area (Å²) in [7, 11) is 0. The Morgan fingerprint density at radius 2 is 1.79 bits per heavy atom. The lowest BCUT2D eigenvalue weighted by molar-refractivity contribution is -0.324. The molecule has 0 N–H and O–H groups in total. The van der Waals surface area contributed by atoms with Crippen molar-refractivity contribution < 1.29 is 31.1 Å². The Hall–Kier alpha value is -1.82. The Bertz CT molecular complexity index is 462. The molecule has 0 saturated heterocycles. The molecule has 3 nitrogen and oxygen atoms in total. The van der Waals surface area contributed by atoms with Gasteiger partial charge >= 0.3 is 12.4 Å². The molecule has 104 valence electrons. The van der Waals surface area contributed by atoms with Gasteiger partial charge in [0.15, 0.2) is 0 Å². The van der Waals surface area contributed by atoms with Gasteiger partial charge in [-0.05, 0) is 6.07 Å². The van der Waals surface area contributed by atoms with Gasteiger partial charge in [0.2, 0.25) is 6.10 Å². The molecule has 0 aromatic carbocycles. The van der Waals surface area contributed by atoms with Crippen LogP contribution in [0.1, 0.15) is 11.3 Å². The van der Waals surface area contributed by atoms with E-state index in [9.17, 15) is 26.3 Å². The minimum Gasteiger partial charge on any atom is -0.356 e. The highest BCUT2D eigenvalue weighted by molar-refractivity contribution is 5.29. The zero-order chi connectivity index (χ0) is 14.7. The van der Waals surface area contributed by atoms with Gasteiger partial charge in [-0.1, -0.05) is 6.07 Å². The molecule has 1 heterocycles. The molecule has 0 aliphatic carbocycles. The zero-order valence-corrected chi connectivity index (χ0v) is 9.09. The highest BCUT2D eigenvalue weighted by Gasteiger charge is 2.57. The van der Waals surface area contributed by atoms with E-state index in [0.717, 1.165) is 6.07 Å². The Morgan fingerprint density at radius 3 is 2.26 bits per heavy atom. The van der Waals surface area contributed by atoms with E-state index in [1.807, 2.05) is 0 Å². The van der Waals surface area contributed by atoms with Gasteiger partial charge in [-0.2, -0.15) is 31.6 Å². The van der Waals surface area contributed by atoms with E-state index in [0.29, 0.717) is 0 Å². The van der Waals surface area contributed by atoms with Crippen LogP contribution in [0.25, 0.3) is 0 Å². The Morgan fingerprint density at radius 1 is 1.21 bits per heavy atom. The third-order valence-electron chi connectivity index (χ3n) is 2.00. The van der Waals surface area contributed by atoms with Crippen molar-refractivity contribution in [2.75, 3.05) is 0 Å². The van der Waals surface area contributed by atoms with Gasteiger partial charge in [-0.25, -0.2) is 4.98 Å². The molecule has 0 aliphatic heterocycles. The number of nitrogens with zero attached hydrogens (tertiary/aromatic N) is 2. The van der Waals surface area contributed by atoms with Crippen LogP contribution in [0.2, 0.25) is 0 Å². The summed E-state index contributed by atoms with van der Waals surface area (Å²) in [5.74, 6) is 0. The SMILES string of the molecule is N#Cc1ncccc1COC(C(F)(F)F)C(F)(F)F. The maximum absolute atomic E-state index is 12.2. The van der Waals surface area contributed by atoms with Crippen LogP contribution in [0, 0.1) is 11.3 Å². The highest BCUT2D eigenvalue weighted by atomic mass is 19.4. The lowest BCUT2D eigenvalue weighted by atomic mass is 10.2. The van der Waals surface area contributed by atoms with Gasteiger partial charge in [0, 0.05) is 11.8 Å². The van der Waals surface area contributed by atoms with Crippen LogP contribution in [0.4, 0.5) is 26.3 Å². The summed E-state index contributed by atoms with van der Waals surface area (Å²) < 4.78 is 76.9. The molecule has 1 aromatic rings. The van der Waals surface area contributed by atoms with Gasteiger partial charge in [0.25, 0.3) is 0 Å². The molecule has 0 unspecified atom stereocenters. The predicted molar refractivity (Wildman–Crippen MR) is 49.6 cm³/mol. The Labute approximate surface area is 103 Å². The summed E-state index contributed by atoms with van der Waals surface area (Å²) in [6.45, 7) is -1.01. The van der Waals surface area contributed by atoms with E-state index in [1.54, 1.807) is 6.07 Å². The molecule has 1 aromatic heterocycles. The molecule has 0 bridgehead atoms. The number of ether oxygens (including phenoxy) is 1. The van der Waals surface area contributed by atoms with E-state index in [1.165, 1.54) is 12.3 Å². The van der Waals surface area contributed by atoms with Gasteiger partial charge in [-0.3, -0.25) is 0 Å². The van der Waals surface area contributed by atoms with Gasteiger partial charge in [0.1, 0.15) is 11.8 Å². The maximum atomic E-state index is 12.2. The van der Waals surface area contributed by atoms with Crippen LogP contribution < -0.4 is 0 Å². The van der Waals surface area contributed by atoms with E-state index in [2.05, 4.69) is 9.72 Å². The number of pyridine rings is 1. The number of aromatic nitrogens is 1. The summed E-state index contributed by atoms with van der Waals surface area (Å²) in [6, 6.07) is 3.98. The first kappa shape index (κ1) is 15.2. The zero-order valence-electron chi connectivity index (χ0n) is 9.09. The summed E-state index contributed by atoms with van der Waals surface area (Å²) in [5.41, 5.74) is -0.436. The second kappa shape index (κ2) is 5.44. The fourth-order valence-corrected chi connectivity index (χ4v) is 1.20. The van der Waals surface area contributed by atoms with Gasteiger partial charge in [0.05, 0.1) is 6.61 Å². The molecule has 0 atom stereocenters. The second-order valence-corrected chi connectivity index (χ2v) is 3.40. The van der Waals surface area contributed by atoms with Crippen LogP contribution in [0.15, 0.2) is 18.3 Å². The lowest BCUT2D eigenvalue weighted by Crippen LogP contribution is -2.44. The first-order valence-corrected chi connectivity index (χ1v) is 4.75. The summed E-state index contributed by atoms with van der Waals surface area (Å²) in [4.78, 5) is 3.50. The largest absolute Gasteiger partial charge is 0.423 e. The normalized spacial score (nSPS) is 12.5. The number of rotatable bonds is 3. The molecular formula is C10H6F6N2O. The van der Waals surface area contributed by atoms with Crippen LogP contribution in [-0.2, 0) is 11.3 Å². The average molecular weight is 284 g/mol. The Kier molecular flexibility index (Phi) is 4.36. The van der Waals surface area contributed by atoms with Crippen molar-refractivity contribution in [1.29, 1.82) is 5.26 Å². The van der Waals surface area contributed by atoms with Crippen LogP contribution in [-0.4, -0.2) is 23.4 Å². The topological polar surface area (TPSA) is 45.9 Å². The van der Waals surface area contributed by atoms with Crippen molar-refractivity contribution in [3.05, 3.63) is 29.6 Å². The average Bonchev–Trinajstić information content (AvgIpc) is 2.26. The molecule has 19 heavy (non-hydrogen) atoms. The molecule has 0 spiro atoms. The molecule has 0 saturated carbocycles. The van der Waals surface area contributed by atoms with Crippen LogP contribution in [0.3, 0.4) is 0 Å². The lowest BCUT2D eigenvalue weighted by Gasteiger charge is -2.23. The monoisotopic (exact) mass is 284 g/mol. The van der Waals surface area contributed by atoms with Crippen molar-refractivity contribution in [2.45, 2.75) is 25.1 Å². The third kappa shape index (κ3) is 4.10. The first-order valence-electron chi connectivity index (χ1n) is 4.75. The highest BCUT2D eigenvalue weighted by Crippen LogP contribution is 2.36. The van der Waals surface area contributed by atoms with Crippen LogP contribution in [0.5, 0.6) is 0 Å². The standard InChI is InChI=1S/C10H6F6N2O/c11-9(12,13)8(10(14,15)16)19-5-6-2-1-3-18-7(6)4-17/h1-3,8H,5H2. The quantitative estimate of drug-likeness (QED) is 0.802. The van der Waals surface area contributed by atoms with Gasteiger partial charge in [-0.15, -0.1) is 0 Å². The van der Waals surface area contributed by atoms with E-state index in [4.69, 9.17) is 5.26 Å². The van der Waals surface area contributed by atoms with Crippen molar-refractivity contribution in [2.24, 2.45) is 0 Å². The molecule has 0 aliphatic rings. The molecule has 0 amide bonds. The van der Waals surface area contributed by atoms with Crippen molar-refractivity contribution in [1.82, 2.24) is 4.98 Å². The number of halogens is 6. The fraction of sp³-hybridized carbons (Fsp3) is 0.400. The van der Waals surface area contributed by atoms with Crippen molar-refractivity contribution in [3.8, 4) is 6.07 Å². The molecule has 0 fully saturated rings. The van der Waals surface area contributed by atoms with E-state index in [-0.39, 0.29) is 11.3 Å². The number of nitriles is 1. The van der Waals surface area contributed by atoms with Gasteiger partial charge < -0.3 is 4.74 Å². The third-order valence-corrected chi connectivity index (χ3v) is 2.00. The van der Waals surface area contributed by atoms with Crippen molar-refractivity contribution >= 4 is 0 Å². The van der Waals surface area contributed by atoms with Crippen molar-refractivity contribution in [3.63, 3.8) is 0 Å². The molecular weight excluding hydrogens is 278 g/mol. The smallest absolute Gasteiger partial charge is 0.356 e. The number of hydrogen-bond acceptors (Lipinski definition) is 3. The number of alkyl halides is 6. The fourth-order valence-electron chi connectivity index (χ4n) is 1.20. The summed E-state index contributed by atoms with van der Waals surface area (Å²) in [5, 5.41) is 8.59. The Balaban J connectivity index is 2.87. The summed E-state index contributed by atoms with van der Waals surface area (Å²) >= 11 is 0. The molecule has 9 heteroatoms. The minimum atomic E-state index is -5.58. The van der Waals surface area contributed by atoms with E-state index < -0.39 is 25.1 Å². The number of hydrogen-bond donors (Lipinski definition) is 0. The maximum Gasteiger partial charge on any atom is 0.423 e. The van der Waals surface area contributed by atoms with E-state index >= 15 is 0 Å². The predicted octanol–water partition coefficient (Wildman–Crippen LogP) is 2.96. The second-order valence-electron chi connectivity index (χ2n) is 3.40.